The summed E-state index contributed by atoms with van der Waals surface area (Å²) in [6.45, 7) is 9.53. The van der Waals surface area contributed by atoms with Crippen LogP contribution in [0.25, 0.3) is 0 Å². The zero-order chi connectivity index (χ0) is 26.7. The molecule has 2 amide bonds. The van der Waals surface area contributed by atoms with Gasteiger partial charge in [-0.3, -0.25) is 19.2 Å². The number of hydrogen-bond donors (Lipinski definition) is 4. The Morgan fingerprint density at radius 3 is 2.03 bits per heavy atom. The molecule has 3 heterocycles. The van der Waals surface area contributed by atoms with E-state index in [2.05, 4.69) is 25.1 Å². The lowest BCUT2D eigenvalue weighted by Gasteiger charge is -2.35. The summed E-state index contributed by atoms with van der Waals surface area (Å²) < 4.78 is 2.05. The summed E-state index contributed by atoms with van der Waals surface area (Å²) in [5, 5.41) is 21.1. The highest BCUT2D eigenvalue weighted by atomic mass is 16.4. The van der Waals surface area contributed by atoms with E-state index in [0.717, 1.165) is 83.3 Å². The predicted molar refractivity (Wildman–Crippen MR) is 134 cm³/mol. The number of aromatic nitrogens is 2. The molecule has 12 heteroatoms. The summed E-state index contributed by atoms with van der Waals surface area (Å²) in [4.78, 5) is 50.6. The molecule has 0 atom stereocenters. The third-order valence-corrected chi connectivity index (χ3v) is 5.36. The Morgan fingerprint density at radius 2 is 1.47 bits per heavy atom. The second kappa shape index (κ2) is 13.8. The average molecular weight is 503 g/mol. The van der Waals surface area contributed by atoms with Gasteiger partial charge in [0.1, 0.15) is 11.5 Å². The van der Waals surface area contributed by atoms with E-state index >= 15 is 0 Å². The summed E-state index contributed by atoms with van der Waals surface area (Å²) in [6, 6.07) is 7.84. The number of carboxylic acid groups (broad SMARTS) is 2. The van der Waals surface area contributed by atoms with Crippen LogP contribution in [-0.2, 0) is 27.3 Å². The van der Waals surface area contributed by atoms with Crippen molar-refractivity contribution in [3.8, 4) is 0 Å². The quantitative estimate of drug-likeness (QED) is 0.483. The van der Waals surface area contributed by atoms with Crippen LogP contribution < -0.4 is 15.5 Å². The molecule has 0 radical (unpaired) electrons. The van der Waals surface area contributed by atoms with Crippen LogP contribution in [-0.4, -0.2) is 87.7 Å². The van der Waals surface area contributed by atoms with Crippen molar-refractivity contribution in [2.75, 3.05) is 49.5 Å². The van der Waals surface area contributed by atoms with E-state index in [9.17, 15) is 9.59 Å². The number of anilines is 2. The molecule has 0 saturated carbocycles. The van der Waals surface area contributed by atoms with E-state index in [1.165, 1.54) is 0 Å². The molecule has 0 unspecified atom stereocenters. The number of carbonyl (C=O) groups is 4. The molecule has 0 bridgehead atoms. The number of piperazine rings is 1. The number of benzene rings is 1. The van der Waals surface area contributed by atoms with Gasteiger partial charge in [0.05, 0.1) is 0 Å². The second-order valence-electron chi connectivity index (χ2n) is 8.27. The number of amides is 2. The summed E-state index contributed by atoms with van der Waals surface area (Å²) in [7, 11) is 0. The minimum Gasteiger partial charge on any atom is -0.481 e. The molecule has 1 aromatic heterocycles. The molecule has 2 aliphatic heterocycles. The SMILES string of the molecule is CC(=O)N1CCN(c2ccc(NC(=O)c3cn4c(n3)CCNCC4)cc2)CC1.CC(=O)O.CC(=O)O. The first kappa shape index (κ1) is 28.3. The molecule has 1 aromatic carbocycles. The molecule has 4 N–H and O–H groups in total. The van der Waals surface area contributed by atoms with Crippen LogP contribution in [0, 0.1) is 0 Å². The van der Waals surface area contributed by atoms with Crippen molar-refractivity contribution in [3.05, 3.63) is 42.0 Å². The third kappa shape index (κ3) is 9.37. The Kier molecular flexibility index (Phi) is 10.9. The highest BCUT2D eigenvalue weighted by Crippen LogP contribution is 2.20. The van der Waals surface area contributed by atoms with Crippen LogP contribution in [0.15, 0.2) is 30.5 Å². The zero-order valence-corrected chi connectivity index (χ0v) is 20.9. The van der Waals surface area contributed by atoms with Crippen molar-refractivity contribution in [3.63, 3.8) is 0 Å². The largest absolute Gasteiger partial charge is 0.481 e. The third-order valence-electron chi connectivity index (χ3n) is 5.36. The zero-order valence-electron chi connectivity index (χ0n) is 20.9. The Morgan fingerprint density at radius 1 is 0.889 bits per heavy atom. The van der Waals surface area contributed by atoms with E-state index in [1.54, 1.807) is 6.92 Å². The van der Waals surface area contributed by atoms with Gasteiger partial charge in [-0.25, -0.2) is 4.98 Å². The van der Waals surface area contributed by atoms with Gasteiger partial charge in [0, 0.05) is 90.6 Å². The number of rotatable bonds is 3. The van der Waals surface area contributed by atoms with Crippen LogP contribution >= 0.6 is 0 Å². The van der Waals surface area contributed by atoms with Gasteiger partial charge in [-0.1, -0.05) is 0 Å². The maximum Gasteiger partial charge on any atom is 0.300 e. The van der Waals surface area contributed by atoms with E-state index < -0.39 is 11.9 Å². The number of aliphatic carboxylic acids is 2. The highest BCUT2D eigenvalue weighted by Gasteiger charge is 2.19. The van der Waals surface area contributed by atoms with Gasteiger partial charge < -0.3 is 35.2 Å². The van der Waals surface area contributed by atoms with Crippen molar-refractivity contribution in [1.82, 2.24) is 19.8 Å². The summed E-state index contributed by atoms with van der Waals surface area (Å²) in [5.74, 6) is -0.767. The molecule has 4 rings (SSSR count). The van der Waals surface area contributed by atoms with Crippen LogP contribution in [0.3, 0.4) is 0 Å². The monoisotopic (exact) mass is 502 g/mol. The number of carboxylic acids is 2. The van der Waals surface area contributed by atoms with Gasteiger partial charge in [0.2, 0.25) is 5.91 Å². The Hall–Kier alpha value is -3.93. The average Bonchev–Trinajstić information content (AvgIpc) is 3.09. The van der Waals surface area contributed by atoms with Crippen molar-refractivity contribution in [2.45, 2.75) is 33.7 Å². The second-order valence-corrected chi connectivity index (χ2v) is 8.27. The lowest BCUT2D eigenvalue weighted by Crippen LogP contribution is -2.48. The fourth-order valence-electron chi connectivity index (χ4n) is 3.71. The van der Waals surface area contributed by atoms with Crippen LogP contribution in [0.4, 0.5) is 11.4 Å². The number of carbonyl (C=O) groups excluding carboxylic acids is 2. The smallest absolute Gasteiger partial charge is 0.300 e. The maximum absolute atomic E-state index is 12.6. The first-order valence-electron chi connectivity index (χ1n) is 11.6. The normalized spacial score (nSPS) is 14.6. The molecule has 196 valence electrons. The molecule has 1 fully saturated rings. The van der Waals surface area contributed by atoms with Crippen LogP contribution in [0.1, 0.15) is 37.1 Å². The number of imidazole rings is 1. The van der Waals surface area contributed by atoms with Gasteiger partial charge in [-0.2, -0.15) is 0 Å². The molecule has 36 heavy (non-hydrogen) atoms. The number of fused-ring (bicyclic) bond motifs is 1. The van der Waals surface area contributed by atoms with Crippen LogP contribution in [0.2, 0.25) is 0 Å². The first-order valence-corrected chi connectivity index (χ1v) is 11.6. The van der Waals surface area contributed by atoms with Gasteiger partial charge in [0.15, 0.2) is 0 Å². The van der Waals surface area contributed by atoms with Crippen molar-refractivity contribution in [1.29, 1.82) is 0 Å². The molecule has 0 spiro atoms. The minimum absolute atomic E-state index is 0.130. The van der Waals surface area contributed by atoms with Crippen molar-refractivity contribution < 1.29 is 29.4 Å². The molecular weight excluding hydrogens is 468 g/mol. The summed E-state index contributed by atoms with van der Waals surface area (Å²) in [6.07, 6.45) is 2.67. The van der Waals surface area contributed by atoms with Crippen LogP contribution in [0.5, 0.6) is 0 Å². The number of nitrogens with one attached hydrogen (secondary N) is 2. The molecule has 1 saturated heterocycles. The van der Waals surface area contributed by atoms with Crippen molar-refractivity contribution in [2.24, 2.45) is 0 Å². The van der Waals surface area contributed by atoms with E-state index in [1.807, 2.05) is 35.4 Å². The molecule has 2 aromatic rings. The predicted octanol–water partition coefficient (Wildman–Crippen LogP) is 1.13. The fraction of sp³-hybridized carbons (Fsp3) is 0.458. The topological polar surface area (TPSA) is 157 Å². The lowest BCUT2D eigenvalue weighted by atomic mass is 10.2. The first-order chi connectivity index (χ1) is 17.1. The van der Waals surface area contributed by atoms with Gasteiger partial charge in [-0.05, 0) is 24.3 Å². The maximum atomic E-state index is 12.6. The van der Waals surface area contributed by atoms with E-state index in [0.29, 0.717) is 5.69 Å². The Balaban J connectivity index is 0.000000501. The van der Waals surface area contributed by atoms with Gasteiger partial charge >= 0.3 is 0 Å². The molecular formula is C24H34N6O6. The molecule has 0 aliphatic carbocycles. The molecule has 12 nitrogen and oxygen atoms in total. The van der Waals surface area contributed by atoms with Gasteiger partial charge in [0.25, 0.3) is 17.8 Å². The Bertz CT molecular complexity index is 1000. The lowest BCUT2D eigenvalue weighted by molar-refractivity contribution is -0.135. The fourth-order valence-corrected chi connectivity index (χ4v) is 3.71. The van der Waals surface area contributed by atoms with Crippen molar-refractivity contribution >= 4 is 35.1 Å². The Labute approximate surface area is 209 Å². The summed E-state index contributed by atoms with van der Waals surface area (Å²) in [5.41, 5.74) is 2.31. The number of hydrogen-bond acceptors (Lipinski definition) is 7. The van der Waals surface area contributed by atoms with Gasteiger partial charge in [-0.15, -0.1) is 0 Å². The highest BCUT2D eigenvalue weighted by molar-refractivity contribution is 6.02. The summed E-state index contributed by atoms with van der Waals surface area (Å²) >= 11 is 0. The van der Waals surface area contributed by atoms with E-state index in [-0.39, 0.29) is 11.8 Å². The molecule has 2 aliphatic rings. The minimum atomic E-state index is -0.833. The van der Waals surface area contributed by atoms with E-state index in [4.69, 9.17) is 19.8 Å². The number of nitrogens with zero attached hydrogens (tertiary/aromatic N) is 4. The standard InChI is InChI=1S/C20H26N6O2.2C2H4O2/c1-15(27)24-10-12-25(13-11-24)17-4-2-16(3-5-17)22-20(28)18-14-26-9-8-21-7-6-19(26)23-18;2*1-2(3)4/h2-5,14,21H,6-13H2,1H3,(H,22,28);2*1H3,(H,3,4).